The largest absolute Gasteiger partial charge is 0.335 e. The van der Waals surface area contributed by atoms with E-state index in [0.717, 1.165) is 49.0 Å². The van der Waals surface area contributed by atoms with E-state index in [1.54, 1.807) is 4.68 Å². The molecule has 2 aromatic rings. The van der Waals surface area contributed by atoms with E-state index in [0.29, 0.717) is 5.69 Å². The minimum Gasteiger partial charge on any atom is -0.335 e. The Morgan fingerprint density at radius 1 is 1.22 bits per heavy atom. The minimum absolute atomic E-state index is 0.0195. The van der Waals surface area contributed by atoms with Crippen LogP contribution in [0, 0.1) is 6.92 Å². The molecule has 2 heterocycles. The first-order valence-corrected chi connectivity index (χ1v) is 8.18. The number of carbonyl (C=O) groups is 1. The molecule has 1 aliphatic rings. The zero-order chi connectivity index (χ0) is 16.4. The number of hydrogen-bond donors (Lipinski definition) is 0. The Bertz CT molecular complexity index is 685. The number of rotatable bonds is 3. The first kappa shape index (κ1) is 16.0. The summed E-state index contributed by atoms with van der Waals surface area (Å²) in [4.78, 5) is 16.7. The summed E-state index contributed by atoms with van der Waals surface area (Å²) in [6.07, 6.45) is 0. The molecule has 0 aliphatic carbocycles. The zero-order valence-electron chi connectivity index (χ0n) is 13.5. The number of carbonyl (C=O) groups excluding carboxylic acids is 1. The van der Waals surface area contributed by atoms with E-state index in [9.17, 15) is 4.79 Å². The lowest BCUT2D eigenvalue weighted by atomic mass is 10.2. The van der Waals surface area contributed by atoms with Crippen LogP contribution in [-0.4, -0.2) is 51.7 Å². The van der Waals surface area contributed by atoms with Crippen molar-refractivity contribution in [3.05, 3.63) is 52.3 Å². The molecule has 0 N–H and O–H groups in total. The average Bonchev–Trinajstić information content (AvgIpc) is 2.89. The molecule has 5 nitrogen and oxygen atoms in total. The lowest BCUT2D eigenvalue weighted by Gasteiger charge is -2.34. The highest BCUT2D eigenvalue weighted by atomic mass is 35.5. The van der Waals surface area contributed by atoms with Crippen molar-refractivity contribution in [1.82, 2.24) is 19.6 Å². The van der Waals surface area contributed by atoms with Crippen LogP contribution < -0.4 is 0 Å². The lowest BCUT2D eigenvalue weighted by molar-refractivity contribution is 0.0622. The number of aromatic nitrogens is 2. The van der Waals surface area contributed by atoms with Crippen LogP contribution in [-0.2, 0) is 13.6 Å². The maximum absolute atomic E-state index is 12.5. The molecule has 1 saturated heterocycles. The van der Waals surface area contributed by atoms with Gasteiger partial charge in [-0.15, -0.1) is 0 Å². The van der Waals surface area contributed by atoms with Gasteiger partial charge >= 0.3 is 0 Å². The number of nitrogens with zero attached hydrogens (tertiary/aromatic N) is 4. The molecule has 1 aromatic carbocycles. The van der Waals surface area contributed by atoms with Gasteiger partial charge in [0, 0.05) is 50.5 Å². The van der Waals surface area contributed by atoms with Crippen LogP contribution in [0.3, 0.4) is 0 Å². The average molecular weight is 333 g/mol. The van der Waals surface area contributed by atoms with Crippen molar-refractivity contribution in [3.8, 4) is 0 Å². The van der Waals surface area contributed by atoms with E-state index in [1.807, 2.05) is 43.1 Å². The maximum Gasteiger partial charge on any atom is 0.274 e. The normalized spacial score (nSPS) is 15.9. The number of piperazine rings is 1. The van der Waals surface area contributed by atoms with Crippen molar-refractivity contribution in [2.75, 3.05) is 26.2 Å². The number of amides is 1. The summed E-state index contributed by atoms with van der Waals surface area (Å²) in [5.41, 5.74) is 2.66. The fourth-order valence-corrected chi connectivity index (χ4v) is 3.00. The van der Waals surface area contributed by atoms with E-state index in [1.165, 1.54) is 0 Å². The molecule has 1 aliphatic heterocycles. The number of halogens is 1. The van der Waals surface area contributed by atoms with Crippen LogP contribution in [0.5, 0.6) is 0 Å². The van der Waals surface area contributed by atoms with Crippen molar-refractivity contribution in [1.29, 1.82) is 0 Å². The summed E-state index contributed by atoms with van der Waals surface area (Å²) >= 11 is 6.22. The second-order valence-electron chi connectivity index (χ2n) is 5.95. The van der Waals surface area contributed by atoms with E-state index < -0.39 is 0 Å². The van der Waals surface area contributed by atoms with E-state index >= 15 is 0 Å². The van der Waals surface area contributed by atoms with E-state index in [-0.39, 0.29) is 5.91 Å². The highest BCUT2D eigenvalue weighted by Crippen LogP contribution is 2.18. The Hall–Kier alpha value is -1.85. The maximum atomic E-state index is 12.5. The third-order valence-corrected chi connectivity index (χ3v) is 4.71. The summed E-state index contributed by atoms with van der Waals surface area (Å²) < 4.78 is 1.74. The van der Waals surface area contributed by atoms with Crippen LogP contribution in [0.15, 0.2) is 30.3 Å². The second-order valence-corrected chi connectivity index (χ2v) is 6.36. The standard InChI is InChI=1S/C17H21ClN4O/c1-13-11-16(19-20(13)2)17(23)22-9-7-21(8-10-22)12-14-5-3-4-6-15(14)18/h3-6,11H,7-10,12H2,1-2H3. The fourth-order valence-electron chi connectivity index (χ4n) is 2.80. The van der Waals surface area contributed by atoms with Gasteiger partial charge < -0.3 is 4.90 Å². The molecule has 1 aromatic heterocycles. The van der Waals surface area contributed by atoms with Gasteiger partial charge in [0.2, 0.25) is 0 Å². The summed E-state index contributed by atoms with van der Waals surface area (Å²) in [5.74, 6) is 0.0195. The van der Waals surface area contributed by atoms with Crippen LogP contribution >= 0.6 is 11.6 Å². The third kappa shape index (κ3) is 3.57. The molecule has 0 spiro atoms. The molecule has 3 rings (SSSR count). The van der Waals surface area contributed by atoms with Gasteiger partial charge in [-0.25, -0.2) is 0 Å². The molecule has 0 unspecified atom stereocenters. The predicted molar refractivity (Wildman–Crippen MR) is 90.6 cm³/mol. The van der Waals surface area contributed by atoms with Gasteiger partial charge in [-0.2, -0.15) is 5.10 Å². The molecule has 0 atom stereocenters. The van der Waals surface area contributed by atoms with Crippen LogP contribution in [0.1, 0.15) is 21.7 Å². The van der Waals surface area contributed by atoms with Gasteiger partial charge in [-0.1, -0.05) is 29.8 Å². The predicted octanol–water partition coefficient (Wildman–Crippen LogP) is 2.34. The summed E-state index contributed by atoms with van der Waals surface area (Å²) in [7, 11) is 1.85. The van der Waals surface area contributed by atoms with Crippen molar-refractivity contribution in [2.45, 2.75) is 13.5 Å². The molecular formula is C17H21ClN4O. The lowest BCUT2D eigenvalue weighted by Crippen LogP contribution is -2.48. The number of aryl methyl sites for hydroxylation is 2. The van der Waals surface area contributed by atoms with Crippen molar-refractivity contribution in [2.24, 2.45) is 7.05 Å². The Balaban J connectivity index is 1.58. The molecule has 1 amide bonds. The highest BCUT2D eigenvalue weighted by molar-refractivity contribution is 6.31. The molecule has 0 radical (unpaired) electrons. The van der Waals surface area contributed by atoms with Crippen LogP contribution in [0.4, 0.5) is 0 Å². The quantitative estimate of drug-likeness (QED) is 0.866. The number of benzene rings is 1. The van der Waals surface area contributed by atoms with Crippen LogP contribution in [0.2, 0.25) is 5.02 Å². The first-order valence-electron chi connectivity index (χ1n) is 7.80. The van der Waals surface area contributed by atoms with Gasteiger partial charge in [0.1, 0.15) is 0 Å². The smallest absolute Gasteiger partial charge is 0.274 e. The van der Waals surface area contributed by atoms with Crippen LogP contribution in [0.25, 0.3) is 0 Å². The van der Waals surface area contributed by atoms with E-state index in [4.69, 9.17) is 11.6 Å². The SMILES string of the molecule is Cc1cc(C(=O)N2CCN(Cc3ccccc3Cl)CC2)nn1C. The first-order chi connectivity index (χ1) is 11.0. The number of hydrogen-bond acceptors (Lipinski definition) is 3. The Kier molecular flexibility index (Phi) is 4.68. The fraction of sp³-hybridized carbons (Fsp3) is 0.412. The molecule has 122 valence electrons. The van der Waals surface area contributed by atoms with E-state index in [2.05, 4.69) is 16.1 Å². The van der Waals surface area contributed by atoms with Gasteiger partial charge in [-0.3, -0.25) is 14.4 Å². The summed E-state index contributed by atoms with van der Waals surface area (Å²) in [6, 6.07) is 9.76. The Morgan fingerprint density at radius 3 is 2.52 bits per heavy atom. The third-order valence-electron chi connectivity index (χ3n) is 4.34. The summed E-state index contributed by atoms with van der Waals surface area (Å²) in [5, 5.41) is 5.08. The molecule has 23 heavy (non-hydrogen) atoms. The zero-order valence-corrected chi connectivity index (χ0v) is 14.3. The summed E-state index contributed by atoms with van der Waals surface area (Å²) in [6.45, 7) is 5.92. The Labute approximate surface area is 141 Å². The minimum atomic E-state index is 0.0195. The van der Waals surface area contributed by atoms with Gasteiger partial charge in [0.15, 0.2) is 5.69 Å². The van der Waals surface area contributed by atoms with Crippen molar-refractivity contribution in [3.63, 3.8) is 0 Å². The highest BCUT2D eigenvalue weighted by Gasteiger charge is 2.24. The van der Waals surface area contributed by atoms with Gasteiger partial charge in [0.05, 0.1) is 0 Å². The molecule has 1 fully saturated rings. The molecule has 6 heteroatoms. The molecule has 0 bridgehead atoms. The van der Waals surface area contributed by atoms with Crippen molar-refractivity contribution < 1.29 is 4.79 Å². The Morgan fingerprint density at radius 2 is 1.91 bits per heavy atom. The molecule has 0 saturated carbocycles. The second kappa shape index (κ2) is 6.72. The molecular weight excluding hydrogens is 312 g/mol. The van der Waals surface area contributed by atoms with Gasteiger partial charge in [0.25, 0.3) is 5.91 Å². The van der Waals surface area contributed by atoms with Crippen molar-refractivity contribution >= 4 is 17.5 Å². The monoisotopic (exact) mass is 332 g/mol. The topological polar surface area (TPSA) is 41.4 Å². The van der Waals surface area contributed by atoms with Gasteiger partial charge in [-0.05, 0) is 24.6 Å².